The fraction of sp³-hybridized carbons (Fsp3) is 0.455. The highest BCUT2D eigenvalue weighted by molar-refractivity contribution is 7.84. The first-order valence-corrected chi connectivity index (χ1v) is 6.77. The number of rotatable bonds is 5. The van der Waals surface area contributed by atoms with Gasteiger partial charge in [-0.1, -0.05) is 0 Å². The predicted octanol–water partition coefficient (Wildman–Crippen LogP) is 1.60. The molecule has 4 nitrogen and oxygen atoms in total. The molecule has 1 rings (SSSR count). The van der Waals surface area contributed by atoms with Crippen molar-refractivity contribution in [2.75, 3.05) is 31.0 Å². The molecule has 0 fully saturated rings. The minimum absolute atomic E-state index is 0.0575. The van der Waals surface area contributed by atoms with Crippen LogP contribution in [0.25, 0.3) is 0 Å². The molecule has 0 spiro atoms. The van der Waals surface area contributed by atoms with Crippen molar-refractivity contribution in [2.24, 2.45) is 0 Å². The third-order valence-corrected chi connectivity index (χ3v) is 3.77. The molecule has 0 aliphatic heterocycles. The second-order valence-corrected chi connectivity index (χ2v) is 5.57. The van der Waals surface area contributed by atoms with Crippen molar-refractivity contribution in [3.8, 4) is 5.75 Å². The first-order chi connectivity index (χ1) is 7.95. The second-order valence-electron chi connectivity index (χ2n) is 3.76. The number of ether oxygens (including phenoxy) is 1. The number of nitrogens with two attached hydrogens (primary N) is 1. The third kappa shape index (κ3) is 3.59. The molecular weight excluding hydrogens is 243 g/mol. The lowest BCUT2D eigenvalue weighted by Crippen LogP contribution is -2.21. The Morgan fingerprint density at radius 1 is 1.59 bits per heavy atom. The highest BCUT2D eigenvalue weighted by Gasteiger charge is 2.10. The van der Waals surface area contributed by atoms with E-state index in [1.165, 1.54) is 19.2 Å². The molecular formula is C11H17FN2O2S. The van der Waals surface area contributed by atoms with E-state index in [2.05, 4.69) is 5.32 Å². The van der Waals surface area contributed by atoms with Crippen LogP contribution in [0.15, 0.2) is 12.1 Å². The Bertz CT molecular complexity index is 426. The summed E-state index contributed by atoms with van der Waals surface area (Å²) in [7, 11) is 0.526. The molecule has 96 valence electrons. The number of nitrogen functional groups attached to an aromatic ring is 1. The summed E-state index contributed by atoms with van der Waals surface area (Å²) >= 11 is 0. The van der Waals surface area contributed by atoms with E-state index in [0.717, 1.165) is 0 Å². The van der Waals surface area contributed by atoms with Gasteiger partial charge in [-0.05, 0) is 6.92 Å². The van der Waals surface area contributed by atoms with E-state index in [9.17, 15) is 8.60 Å². The van der Waals surface area contributed by atoms with Crippen molar-refractivity contribution in [3.63, 3.8) is 0 Å². The summed E-state index contributed by atoms with van der Waals surface area (Å²) in [5, 5.41) is 2.83. The fourth-order valence-electron chi connectivity index (χ4n) is 1.25. The van der Waals surface area contributed by atoms with Crippen LogP contribution in [-0.4, -0.2) is 29.4 Å². The molecule has 0 amide bonds. The standard InChI is InChI=1S/C11H17FN2O2S/c1-7(17(3)15)6-14-10-5-11(16-2)9(13)4-8(10)12/h4-5,7,14H,6,13H2,1-3H3. The minimum atomic E-state index is -0.943. The highest BCUT2D eigenvalue weighted by Crippen LogP contribution is 2.28. The number of anilines is 2. The predicted molar refractivity (Wildman–Crippen MR) is 69.4 cm³/mol. The summed E-state index contributed by atoms with van der Waals surface area (Å²) in [5.74, 6) is -0.0310. The van der Waals surface area contributed by atoms with E-state index < -0.39 is 16.6 Å². The third-order valence-electron chi connectivity index (χ3n) is 2.47. The Hall–Kier alpha value is -1.30. The van der Waals surface area contributed by atoms with Crippen molar-refractivity contribution in [1.82, 2.24) is 0 Å². The average molecular weight is 260 g/mol. The Labute approximate surface area is 103 Å². The largest absolute Gasteiger partial charge is 0.495 e. The van der Waals surface area contributed by atoms with E-state index in [4.69, 9.17) is 10.5 Å². The van der Waals surface area contributed by atoms with Gasteiger partial charge in [0.15, 0.2) is 0 Å². The number of nitrogens with one attached hydrogen (secondary N) is 1. The minimum Gasteiger partial charge on any atom is -0.495 e. The first kappa shape index (κ1) is 13.8. The van der Waals surface area contributed by atoms with Crippen molar-refractivity contribution >= 4 is 22.2 Å². The zero-order valence-corrected chi connectivity index (χ0v) is 10.9. The molecule has 0 aliphatic carbocycles. The highest BCUT2D eigenvalue weighted by atomic mass is 32.2. The lowest BCUT2D eigenvalue weighted by Gasteiger charge is -2.13. The maximum absolute atomic E-state index is 13.5. The average Bonchev–Trinajstić information content (AvgIpc) is 2.27. The van der Waals surface area contributed by atoms with Gasteiger partial charge in [0.1, 0.15) is 11.6 Å². The maximum Gasteiger partial charge on any atom is 0.148 e. The maximum atomic E-state index is 13.5. The summed E-state index contributed by atoms with van der Waals surface area (Å²) in [4.78, 5) is 0. The van der Waals surface area contributed by atoms with Crippen molar-refractivity contribution in [3.05, 3.63) is 17.9 Å². The quantitative estimate of drug-likeness (QED) is 0.789. The van der Waals surface area contributed by atoms with Gasteiger partial charge < -0.3 is 15.8 Å². The van der Waals surface area contributed by atoms with Crippen LogP contribution < -0.4 is 15.8 Å². The van der Waals surface area contributed by atoms with Crippen molar-refractivity contribution in [1.29, 1.82) is 0 Å². The summed E-state index contributed by atoms with van der Waals surface area (Å²) in [6.07, 6.45) is 1.62. The van der Waals surface area contributed by atoms with E-state index in [-0.39, 0.29) is 10.9 Å². The zero-order valence-electron chi connectivity index (χ0n) is 10.1. The monoisotopic (exact) mass is 260 g/mol. The van der Waals surface area contributed by atoms with E-state index in [0.29, 0.717) is 18.0 Å². The molecule has 1 aromatic carbocycles. The van der Waals surface area contributed by atoms with Gasteiger partial charge in [0, 0.05) is 41.0 Å². The zero-order chi connectivity index (χ0) is 13.0. The van der Waals surface area contributed by atoms with Crippen LogP contribution in [0, 0.1) is 5.82 Å². The van der Waals surface area contributed by atoms with E-state index in [1.807, 2.05) is 6.92 Å². The molecule has 0 bridgehead atoms. The molecule has 0 heterocycles. The topological polar surface area (TPSA) is 64.3 Å². The fourth-order valence-corrected chi connectivity index (χ4v) is 1.57. The number of methoxy groups -OCH3 is 1. The van der Waals surface area contributed by atoms with Gasteiger partial charge in [0.05, 0.1) is 18.5 Å². The normalized spacial score (nSPS) is 14.1. The molecule has 0 aliphatic rings. The number of hydrogen-bond donors (Lipinski definition) is 2. The molecule has 6 heteroatoms. The van der Waals surface area contributed by atoms with Crippen LogP contribution in [0.4, 0.5) is 15.8 Å². The van der Waals surface area contributed by atoms with Crippen LogP contribution >= 0.6 is 0 Å². The van der Waals surface area contributed by atoms with Gasteiger partial charge in [-0.15, -0.1) is 0 Å². The lowest BCUT2D eigenvalue weighted by atomic mass is 10.2. The van der Waals surface area contributed by atoms with Gasteiger partial charge in [0.2, 0.25) is 0 Å². The molecule has 3 N–H and O–H groups in total. The van der Waals surface area contributed by atoms with Gasteiger partial charge in [-0.2, -0.15) is 0 Å². The second kappa shape index (κ2) is 5.86. The summed E-state index contributed by atoms with van der Waals surface area (Å²) in [6.45, 7) is 2.25. The first-order valence-electron chi connectivity index (χ1n) is 5.14. The Morgan fingerprint density at radius 3 is 2.76 bits per heavy atom. The Kier molecular flexibility index (Phi) is 4.74. The lowest BCUT2D eigenvalue weighted by molar-refractivity contribution is 0.416. The van der Waals surface area contributed by atoms with Gasteiger partial charge >= 0.3 is 0 Å². The molecule has 0 saturated heterocycles. The molecule has 2 unspecified atom stereocenters. The summed E-state index contributed by atoms with van der Waals surface area (Å²) in [5.41, 5.74) is 6.12. The Balaban J connectivity index is 2.80. The molecule has 0 aromatic heterocycles. The number of halogens is 1. The van der Waals surface area contributed by atoms with Crippen LogP contribution in [-0.2, 0) is 10.8 Å². The van der Waals surface area contributed by atoms with E-state index in [1.54, 1.807) is 6.26 Å². The van der Waals surface area contributed by atoms with Crippen LogP contribution in [0.3, 0.4) is 0 Å². The number of hydrogen-bond acceptors (Lipinski definition) is 4. The number of benzene rings is 1. The SMILES string of the molecule is COc1cc(NCC(C)S(C)=O)c(F)cc1N. The Morgan fingerprint density at radius 2 is 2.24 bits per heavy atom. The van der Waals surface area contributed by atoms with Crippen molar-refractivity contribution < 1.29 is 13.3 Å². The smallest absolute Gasteiger partial charge is 0.148 e. The summed E-state index contributed by atoms with van der Waals surface area (Å²) < 4.78 is 29.7. The van der Waals surface area contributed by atoms with E-state index >= 15 is 0 Å². The van der Waals surface area contributed by atoms with Crippen LogP contribution in [0.5, 0.6) is 5.75 Å². The van der Waals surface area contributed by atoms with Gasteiger partial charge in [-0.3, -0.25) is 4.21 Å². The van der Waals surface area contributed by atoms with Gasteiger partial charge in [-0.25, -0.2) is 4.39 Å². The van der Waals surface area contributed by atoms with Gasteiger partial charge in [0.25, 0.3) is 0 Å². The molecule has 17 heavy (non-hydrogen) atoms. The summed E-state index contributed by atoms with van der Waals surface area (Å²) in [6, 6.07) is 2.70. The van der Waals surface area contributed by atoms with Crippen LogP contribution in [0.1, 0.15) is 6.92 Å². The molecule has 2 atom stereocenters. The van der Waals surface area contributed by atoms with Crippen LogP contribution in [0.2, 0.25) is 0 Å². The molecule has 1 aromatic rings. The van der Waals surface area contributed by atoms with Crippen molar-refractivity contribution in [2.45, 2.75) is 12.2 Å². The molecule has 0 radical (unpaired) electrons. The molecule has 0 saturated carbocycles.